The molecule has 2 aliphatic rings. The van der Waals surface area contributed by atoms with E-state index in [1.54, 1.807) is 6.07 Å². The zero-order valence-corrected chi connectivity index (χ0v) is 18.8. The van der Waals surface area contributed by atoms with Gasteiger partial charge in [0.15, 0.2) is 0 Å². The summed E-state index contributed by atoms with van der Waals surface area (Å²) in [4.78, 5) is 12.9. The second-order valence-corrected chi connectivity index (χ2v) is 8.80. The van der Waals surface area contributed by atoms with E-state index in [9.17, 15) is 4.79 Å². The summed E-state index contributed by atoms with van der Waals surface area (Å²) in [6.45, 7) is 0.767. The monoisotopic (exact) mass is 434 g/mol. The number of nitrogens with zero attached hydrogens (tertiary/aromatic N) is 1. The van der Waals surface area contributed by atoms with Gasteiger partial charge in [0.2, 0.25) is 0 Å². The van der Waals surface area contributed by atoms with Crippen LogP contribution in [0.4, 0.5) is 0 Å². The zero-order valence-electron chi connectivity index (χ0n) is 18.8. The van der Waals surface area contributed by atoms with Crippen LogP contribution in [-0.4, -0.2) is 24.8 Å². The van der Waals surface area contributed by atoms with E-state index in [0.29, 0.717) is 30.4 Å². The molecule has 0 radical (unpaired) electrons. The largest absolute Gasteiger partial charge is 0.490 e. The maximum Gasteiger partial charge on any atom is 0.275 e. The van der Waals surface area contributed by atoms with E-state index in [0.717, 1.165) is 18.1 Å². The molecular formula is C27H34N2O3. The highest BCUT2D eigenvalue weighted by Crippen LogP contribution is 2.37. The lowest BCUT2D eigenvalue weighted by Crippen LogP contribution is -2.31. The van der Waals surface area contributed by atoms with Gasteiger partial charge in [0, 0.05) is 11.6 Å². The number of carbonyl (C=O) groups is 1. The first-order valence-corrected chi connectivity index (χ1v) is 12.1. The average Bonchev–Trinajstić information content (AvgIpc) is 2.87. The Labute approximate surface area is 191 Å². The second-order valence-electron chi connectivity index (χ2n) is 8.80. The van der Waals surface area contributed by atoms with Gasteiger partial charge >= 0.3 is 0 Å². The van der Waals surface area contributed by atoms with Crippen LogP contribution in [0.3, 0.4) is 0 Å². The van der Waals surface area contributed by atoms with Crippen LogP contribution in [-0.2, 0) is 0 Å². The fraction of sp³-hybridized carbons (Fsp3) is 0.481. The minimum absolute atomic E-state index is 0.218. The third kappa shape index (κ3) is 6.12. The van der Waals surface area contributed by atoms with Gasteiger partial charge < -0.3 is 9.47 Å². The number of hydrogen-bond donors (Lipinski definition) is 1. The van der Waals surface area contributed by atoms with Crippen molar-refractivity contribution >= 4 is 11.6 Å². The van der Waals surface area contributed by atoms with Gasteiger partial charge in [0.1, 0.15) is 24.7 Å². The highest BCUT2D eigenvalue weighted by molar-refractivity contribution is 5.98. The lowest BCUT2D eigenvalue weighted by Gasteiger charge is -2.33. The highest BCUT2D eigenvalue weighted by Gasteiger charge is 2.30. The van der Waals surface area contributed by atoms with E-state index in [1.165, 1.54) is 57.1 Å². The van der Waals surface area contributed by atoms with E-state index in [2.05, 4.69) is 10.5 Å². The molecule has 1 amide bonds. The fourth-order valence-electron chi connectivity index (χ4n) is 5.00. The smallest absolute Gasteiger partial charge is 0.275 e. The fourth-order valence-corrected chi connectivity index (χ4v) is 5.00. The molecular weight excluding hydrogens is 400 g/mol. The molecule has 2 aliphatic carbocycles. The number of amides is 1. The lowest BCUT2D eigenvalue weighted by molar-refractivity contribution is 0.0948. The number of para-hydroxylation sites is 2. The summed E-state index contributed by atoms with van der Waals surface area (Å²) in [5.74, 6) is 2.41. The van der Waals surface area contributed by atoms with Gasteiger partial charge in [-0.15, -0.1) is 0 Å². The zero-order chi connectivity index (χ0) is 22.0. The average molecular weight is 435 g/mol. The van der Waals surface area contributed by atoms with Crippen molar-refractivity contribution in [1.29, 1.82) is 0 Å². The summed E-state index contributed by atoms with van der Waals surface area (Å²) in [5, 5.41) is 4.63. The lowest BCUT2D eigenvalue weighted by atomic mass is 9.72. The number of rotatable bonds is 8. The molecule has 2 aromatic carbocycles. The summed E-state index contributed by atoms with van der Waals surface area (Å²) in [6.07, 6.45) is 11.3. The van der Waals surface area contributed by atoms with Crippen LogP contribution in [0.25, 0.3) is 0 Å². The number of hydrazone groups is 1. The Balaban J connectivity index is 1.34. The van der Waals surface area contributed by atoms with Crippen molar-refractivity contribution in [1.82, 2.24) is 5.43 Å². The van der Waals surface area contributed by atoms with Crippen molar-refractivity contribution in [2.45, 2.75) is 57.8 Å². The predicted molar refractivity (Wildman–Crippen MR) is 127 cm³/mol. The quantitative estimate of drug-likeness (QED) is 0.409. The predicted octanol–water partition coefficient (Wildman–Crippen LogP) is 6.00. The minimum Gasteiger partial charge on any atom is -0.490 e. The van der Waals surface area contributed by atoms with Crippen LogP contribution >= 0.6 is 0 Å². The van der Waals surface area contributed by atoms with Gasteiger partial charge in [-0.1, -0.05) is 56.0 Å². The van der Waals surface area contributed by atoms with Crippen molar-refractivity contribution in [3.05, 3.63) is 60.2 Å². The van der Waals surface area contributed by atoms with Crippen molar-refractivity contribution < 1.29 is 14.3 Å². The molecule has 0 aliphatic heterocycles. The number of hydrogen-bond acceptors (Lipinski definition) is 4. The first-order valence-electron chi connectivity index (χ1n) is 12.1. The molecule has 2 aromatic rings. The van der Waals surface area contributed by atoms with Crippen LogP contribution in [0.15, 0.2) is 59.7 Å². The van der Waals surface area contributed by atoms with E-state index in [4.69, 9.17) is 9.47 Å². The van der Waals surface area contributed by atoms with Gasteiger partial charge in [-0.05, 0) is 62.3 Å². The van der Waals surface area contributed by atoms with Crippen molar-refractivity contribution in [2.24, 2.45) is 16.9 Å². The first-order chi connectivity index (χ1) is 15.8. The maximum absolute atomic E-state index is 12.9. The normalized spacial score (nSPS) is 20.6. The van der Waals surface area contributed by atoms with Crippen molar-refractivity contribution in [3.63, 3.8) is 0 Å². The molecule has 2 saturated carbocycles. The van der Waals surface area contributed by atoms with E-state index in [1.807, 2.05) is 48.5 Å². The van der Waals surface area contributed by atoms with Crippen LogP contribution in [0.5, 0.6) is 11.5 Å². The molecule has 0 spiro atoms. The third-order valence-electron chi connectivity index (χ3n) is 6.63. The molecule has 0 bridgehead atoms. The molecule has 5 nitrogen and oxygen atoms in total. The molecule has 1 unspecified atom stereocenters. The number of benzene rings is 2. The minimum atomic E-state index is -0.218. The molecule has 4 rings (SSSR count). The maximum atomic E-state index is 12.9. The van der Waals surface area contributed by atoms with Gasteiger partial charge in [-0.25, -0.2) is 5.43 Å². The summed E-state index contributed by atoms with van der Waals surface area (Å²) in [7, 11) is 0. The molecule has 2 fully saturated rings. The topological polar surface area (TPSA) is 59.9 Å². The Morgan fingerprint density at radius 3 is 2.41 bits per heavy atom. The third-order valence-corrected chi connectivity index (χ3v) is 6.63. The second kappa shape index (κ2) is 11.7. The highest BCUT2D eigenvalue weighted by atomic mass is 16.5. The van der Waals surface area contributed by atoms with Gasteiger partial charge in [0.05, 0.1) is 5.56 Å². The van der Waals surface area contributed by atoms with E-state index >= 15 is 0 Å². The van der Waals surface area contributed by atoms with Crippen LogP contribution in [0, 0.1) is 11.8 Å². The summed E-state index contributed by atoms with van der Waals surface area (Å²) in [6, 6.07) is 16.9. The SMILES string of the molecule is O=C(N/N=C1\CCCCC1C1CCCCC1)c1ccccc1OCCOc1ccccc1. The van der Waals surface area contributed by atoms with Crippen molar-refractivity contribution in [3.8, 4) is 11.5 Å². The Morgan fingerprint density at radius 2 is 1.56 bits per heavy atom. The molecule has 170 valence electrons. The Kier molecular flexibility index (Phi) is 8.18. The van der Waals surface area contributed by atoms with Gasteiger partial charge in [-0.3, -0.25) is 4.79 Å². The Bertz CT molecular complexity index is 891. The first kappa shape index (κ1) is 22.4. The molecule has 0 aromatic heterocycles. The van der Waals surface area contributed by atoms with Gasteiger partial charge in [-0.2, -0.15) is 5.10 Å². The van der Waals surface area contributed by atoms with Gasteiger partial charge in [0.25, 0.3) is 5.91 Å². The number of ether oxygens (including phenoxy) is 2. The van der Waals surface area contributed by atoms with Crippen LogP contribution in [0.2, 0.25) is 0 Å². The van der Waals surface area contributed by atoms with Crippen molar-refractivity contribution in [2.75, 3.05) is 13.2 Å². The Hall–Kier alpha value is -2.82. The molecule has 0 saturated heterocycles. The van der Waals surface area contributed by atoms with Crippen LogP contribution in [0.1, 0.15) is 68.1 Å². The number of carbonyl (C=O) groups excluding carboxylic acids is 1. The van der Waals surface area contributed by atoms with E-state index < -0.39 is 0 Å². The molecule has 32 heavy (non-hydrogen) atoms. The number of nitrogens with one attached hydrogen (secondary N) is 1. The summed E-state index contributed by atoms with van der Waals surface area (Å²) < 4.78 is 11.5. The molecule has 1 N–H and O–H groups in total. The standard InChI is InChI=1S/C27H34N2O3/c30-27(29-28-25-17-9-7-15-23(25)21-11-3-1-4-12-21)24-16-8-10-18-26(24)32-20-19-31-22-13-5-2-6-14-22/h2,5-6,8,10,13-14,16,18,21,23H,1,3-4,7,9,11-12,15,17,19-20H2,(H,29,30)/b28-25+. The van der Waals surface area contributed by atoms with E-state index in [-0.39, 0.29) is 5.91 Å². The van der Waals surface area contributed by atoms with Crippen LogP contribution < -0.4 is 14.9 Å². The molecule has 1 atom stereocenters. The molecule has 0 heterocycles. The summed E-state index contributed by atoms with van der Waals surface area (Å²) >= 11 is 0. The summed E-state index contributed by atoms with van der Waals surface area (Å²) in [5.41, 5.74) is 4.52. The molecule has 5 heteroatoms. The Morgan fingerprint density at radius 1 is 0.844 bits per heavy atom.